The van der Waals surface area contributed by atoms with Gasteiger partial charge in [-0.3, -0.25) is 9.59 Å². The molecule has 1 N–H and O–H groups in total. The summed E-state index contributed by atoms with van der Waals surface area (Å²) in [5.41, 5.74) is 2.02. The van der Waals surface area contributed by atoms with Crippen LogP contribution in [0.2, 0.25) is 0 Å². The van der Waals surface area contributed by atoms with Crippen LogP contribution in [-0.4, -0.2) is 11.9 Å². The number of carbonyl (C=O) groups excluding carboxylic acids is 2. The van der Waals surface area contributed by atoms with Crippen molar-refractivity contribution in [3.05, 3.63) is 71.8 Å². The minimum atomic E-state index is -0.286. The molecule has 0 atom stereocenters. The van der Waals surface area contributed by atoms with Crippen molar-refractivity contribution in [3.63, 3.8) is 0 Å². The maximum Gasteiger partial charge on any atom is 0.315 e. The van der Waals surface area contributed by atoms with Crippen LogP contribution in [-0.2, 0) is 11.2 Å². The predicted molar refractivity (Wildman–Crippen MR) is 87.7 cm³/mol. The Labute approximate surface area is 132 Å². The molecule has 1 aliphatic heterocycles. The van der Waals surface area contributed by atoms with Crippen LogP contribution < -0.4 is 10.1 Å². The predicted octanol–water partition coefficient (Wildman–Crippen LogP) is 3.55. The summed E-state index contributed by atoms with van der Waals surface area (Å²) in [4.78, 5) is 23.8. The molecule has 0 saturated carbocycles. The van der Waals surface area contributed by atoms with Gasteiger partial charge in [0.2, 0.25) is 0 Å². The zero-order valence-electron chi connectivity index (χ0n) is 12.2. The highest BCUT2D eigenvalue weighted by molar-refractivity contribution is 6.09. The van der Waals surface area contributed by atoms with Gasteiger partial charge in [-0.2, -0.15) is 0 Å². The molecule has 4 heteroatoms. The van der Waals surface area contributed by atoms with Crippen LogP contribution >= 0.6 is 0 Å². The number of ether oxygens (including phenoxy) is 1. The molecule has 0 spiro atoms. The molecule has 1 aliphatic rings. The SMILES string of the molecule is O=C1Cc2cc(C(=O)Nc3cccc4ccccc34)ccc2O1. The van der Waals surface area contributed by atoms with Crippen LogP contribution in [0.1, 0.15) is 15.9 Å². The molecule has 0 aromatic heterocycles. The van der Waals surface area contributed by atoms with E-state index in [-0.39, 0.29) is 18.3 Å². The topological polar surface area (TPSA) is 55.4 Å². The smallest absolute Gasteiger partial charge is 0.315 e. The van der Waals surface area contributed by atoms with Crippen LogP contribution in [0.15, 0.2) is 60.7 Å². The zero-order valence-corrected chi connectivity index (χ0v) is 12.2. The van der Waals surface area contributed by atoms with Crippen molar-refractivity contribution in [3.8, 4) is 5.75 Å². The van der Waals surface area contributed by atoms with E-state index in [1.807, 2.05) is 42.5 Å². The van der Waals surface area contributed by atoms with Crippen molar-refractivity contribution < 1.29 is 14.3 Å². The van der Waals surface area contributed by atoms with Gasteiger partial charge >= 0.3 is 5.97 Å². The van der Waals surface area contributed by atoms with Gasteiger partial charge in [-0.15, -0.1) is 0 Å². The van der Waals surface area contributed by atoms with Gasteiger partial charge < -0.3 is 10.1 Å². The molecule has 4 nitrogen and oxygen atoms in total. The lowest BCUT2D eigenvalue weighted by Crippen LogP contribution is -2.12. The lowest BCUT2D eigenvalue weighted by molar-refractivity contribution is -0.131. The number of hydrogen-bond donors (Lipinski definition) is 1. The highest BCUT2D eigenvalue weighted by Gasteiger charge is 2.21. The molecule has 0 bridgehead atoms. The Kier molecular flexibility index (Phi) is 3.08. The Morgan fingerprint density at radius 2 is 1.83 bits per heavy atom. The molecule has 0 aliphatic carbocycles. The number of rotatable bonds is 2. The third-order valence-corrected chi connectivity index (χ3v) is 3.92. The third-order valence-electron chi connectivity index (χ3n) is 3.92. The van der Waals surface area contributed by atoms with Crippen molar-refractivity contribution in [1.82, 2.24) is 0 Å². The lowest BCUT2D eigenvalue weighted by atomic mass is 10.1. The van der Waals surface area contributed by atoms with Gasteiger partial charge in [0, 0.05) is 22.2 Å². The van der Waals surface area contributed by atoms with E-state index in [0.717, 1.165) is 22.0 Å². The molecule has 0 saturated heterocycles. The van der Waals surface area contributed by atoms with Crippen molar-refractivity contribution in [2.75, 3.05) is 5.32 Å². The van der Waals surface area contributed by atoms with E-state index in [0.29, 0.717) is 11.3 Å². The molecule has 3 aromatic rings. The van der Waals surface area contributed by atoms with Crippen LogP contribution in [0.3, 0.4) is 0 Å². The van der Waals surface area contributed by atoms with Crippen molar-refractivity contribution in [2.45, 2.75) is 6.42 Å². The largest absolute Gasteiger partial charge is 0.426 e. The number of hydrogen-bond acceptors (Lipinski definition) is 3. The average molecular weight is 303 g/mol. The van der Waals surface area contributed by atoms with E-state index in [1.54, 1.807) is 18.2 Å². The minimum absolute atomic E-state index is 0.205. The number of nitrogens with one attached hydrogen (secondary N) is 1. The molecular formula is C19H13NO3. The number of anilines is 1. The van der Waals surface area contributed by atoms with Gasteiger partial charge in [0.05, 0.1) is 6.42 Å². The monoisotopic (exact) mass is 303 g/mol. The standard InChI is InChI=1S/C19H13NO3/c21-18-11-14-10-13(8-9-17(14)23-18)19(22)20-16-7-3-5-12-4-1-2-6-15(12)16/h1-10H,11H2,(H,20,22). The molecule has 3 aromatic carbocycles. The molecule has 4 rings (SSSR count). The molecule has 0 fully saturated rings. The Morgan fingerprint density at radius 1 is 1.00 bits per heavy atom. The quantitative estimate of drug-likeness (QED) is 0.582. The first-order valence-corrected chi connectivity index (χ1v) is 7.33. The van der Waals surface area contributed by atoms with E-state index in [9.17, 15) is 9.59 Å². The summed E-state index contributed by atoms with van der Waals surface area (Å²) in [7, 11) is 0. The van der Waals surface area contributed by atoms with Crippen molar-refractivity contribution >= 4 is 28.3 Å². The Balaban J connectivity index is 1.65. The van der Waals surface area contributed by atoms with Crippen LogP contribution in [0, 0.1) is 0 Å². The molecule has 0 radical (unpaired) electrons. The van der Waals surface area contributed by atoms with Crippen molar-refractivity contribution in [1.29, 1.82) is 0 Å². The van der Waals surface area contributed by atoms with E-state index < -0.39 is 0 Å². The fourth-order valence-corrected chi connectivity index (χ4v) is 2.80. The minimum Gasteiger partial charge on any atom is -0.426 e. The highest BCUT2D eigenvalue weighted by atomic mass is 16.5. The normalized spacial score (nSPS) is 12.8. The Morgan fingerprint density at radius 3 is 2.74 bits per heavy atom. The van der Waals surface area contributed by atoms with E-state index in [4.69, 9.17) is 4.74 Å². The first-order chi connectivity index (χ1) is 11.2. The van der Waals surface area contributed by atoms with Gasteiger partial charge in [-0.05, 0) is 29.7 Å². The first kappa shape index (κ1) is 13.5. The number of benzene rings is 3. The van der Waals surface area contributed by atoms with E-state index in [2.05, 4.69) is 5.32 Å². The Bertz CT molecular complexity index is 941. The van der Waals surface area contributed by atoms with Gasteiger partial charge in [-0.1, -0.05) is 36.4 Å². The average Bonchev–Trinajstić information content (AvgIpc) is 2.94. The Hall–Kier alpha value is -3.14. The van der Waals surface area contributed by atoms with E-state index >= 15 is 0 Å². The third kappa shape index (κ3) is 2.44. The molecule has 0 unspecified atom stereocenters. The summed E-state index contributed by atoms with van der Waals surface area (Å²) < 4.78 is 5.05. The zero-order chi connectivity index (χ0) is 15.8. The molecule has 1 heterocycles. The van der Waals surface area contributed by atoms with Crippen LogP contribution in [0.25, 0.3) is 10.8 Å². The fourth-order valence-electron chi connectivity index (χ4n) is 2.80. The van der Waals surface area contributed by atoms with Gasteiger partial charge in [-0.25, -0.2) is 0 Å². The summed E-state index contributed by atoms with van der Waals surface area (Å²) in [5.74, 6) is 0.0480. The number of amides is 1. The van der Waals surface area contributed by atoms with Crippen LogP contribution in [0.4, 0.5) is 5.69 Å². The second-order valence-corrected chi connectivity index (χ2v) is 5.45. The lowest BCUT2D eigenvalue weighted by Gasteiger charge is -2.09. The maximum absolute atomic E-state index is 12.5. The van der Waals surface area contributed by atoms with Crippen LogP contribution in [0.5, 0.6) is 5.75 Å². The summed E-state index contributed by atoms with van der Waals surface area (Å²) in [5, 5.41) is 5.00. The summed E-state index contributed by atoms with van der Waals surface area (Å²) in [6.07, 6.45) is 0.213. The maximum atomic E-state index is 12.5. The van der Waals surface area contributed by atoms with Gasteiger partial charge in [0.25, 0.3) is 5.91 Å². The van der Waals surface area contributed by atoms with Crippen molar-refractivity contribution in [2.24, 2.45) is 0 Å². The second kappa shape index (κ2) is 5.25. The van der Waals surface area contributed by atoms with E-state index in [1.165, 1.54) is 0 Å². The first-order valence-electron chi connectivity index (χ1n) is 7.33. The summed E-state index contributed by atoms with van der Waals surface area (Å²) in [6, 6.07) is 18.7. The summed E-state index contributed by atoms with van der Waals surface area (Å²) in [6.45, 7) is 0. The number of carbonyl (C=O) groups is 2. The van der Waals surface area contributed by atoms with Gasteiger partial charge in [0.1, 0.15) is 5.75 Å². The number of fused-ring (bicyclic) bond motifs is 2. The molecule has 23 heavy (non-hydrogen) atoms. The fraction of sp³-hybridized carbons (Fsp3) is 0.0526. The second-order valence-electron chi connectivity index (χ2n) is 5.45. The molecule has 1 amide bonds. The highest BCUT2D eigenvalue weighted by Crippen LogP contribution is 2.28. The number of esters is 1. The molecule has 112 valence electrons. The summed E-state index contributed by atoms with van der Waals surface area (Å²) >= 11 is 0. The van der Waals surface area contributed by atoms with Gasteiger partial charge in [0.15, 0.2) is 0 Å². The molecular weight excluding hydrogens is 290 g/mol.